The van der Waals surface area contributed by atoms with Crippen molar-refractivity contribution in [3.63, 3.8) is 0 Å². The maximum absolute atomic E-state index is 10.6. The Labute approximate surface area is 120 Å². The molecule has 0 aliphatic heterocycles. The molecule has 0 aromatic heterocycles. The van der Waals surface area contributed by atoms with Gasteiger partial charge in [0.2, 0.25) is 0 Å². The van der Waals surface area contributed by atoms with Crippen LogP contribution in [0.2, 0.25) is 0 Å². The van der Waals surface area contributed by atoms with E-state index in [0.29, 0.717) is 12.4 Å². The smallest absolute Gasteiger partial charge is 0.494 e. The minimum Gasteiger partial charge on any atom is -0.494 e. The van der Waals surface area contributed by atoms with Gasteiger partial charge in [-0.15, -0.1) is 0 Å². The van der Waals surface area contributed by atoms with E-state index in [1.165, 1.54) is 44.2 Å². The maximum Gasteiger partial charge on any atom is 0.524 e. The molecule has 6 heteroatoms. The fourth-order valence-corrected chi connectivity index (χ4v) is 2.20. The van der Waals surface area contributed by atoms with Crippen molar-refractivity contribution in [2.45, 2.75) is 45.4 Å². The Morgan fingerprint density at radius 1 is 0.950 bits per heavy atom. The second-order valence-electron chi connectivity index (χ2n) is 4.67. The van der Waals surface area contributed by atoms with Gasteiger partial charge in [0.25, 0.3) is 0 Å². The number of rotatable bonds is 10. The molecule has 0 bridgehead atoms. The number of phosphoric acid groups is 1. The highest BCUT2D eigenvalue weighted by atomic mass is 31.2. The van der Waals surface area contributed by atoms with Crippen LogP contribution < -0.4 is 9.26 Å². The first kappa shape index (κ1) is 17.0. The molecule has 20 heavy (non-hydrogen) atoms. The van der Waals surface area contributed by atoms with Crippen LogP contribution in [-0.2, 0) is 4.57 Å². The Kier molecular flexibility index (Phi) is 7.67. The summed E-state index contributed by atoms with van der Waals surface area (Å²) in [6.45, 7) is 2.85. The van der Waals surface area contributed by atoms with E-state index < -0.39 is 7.82 Å². The molecule has 0 atom stereocenters. The Balaban J connectivity index is 2.20. The quantitative estimate of drug-likeness (QED) is 0.506. The van der Waals surface area contributed by atoms with Crippen molar-refractivity contribution in [2.75, 3.05) is 6.61 Å². The summed E-state index contributed by atoms with van der Waals surface area (Å²) in [4.78, 5) is 17.3. The molecule has 114 valence electrons. The Hall–Kier alpha value is -1.03. The van der Waals surface area contributed by atoms with E-state index in [9.17, 15) is 4.57 Å². The molecule has 0 heterocycles. The molecule has 0 aliphatic rings. The number of hydrogen-bond donors (Lipinski definition) is 2. The van der Waals surface area contributed by atoms with Crippen molar-refractivity contribution in [3.8, 4) is 11.5 Å². The molecule has 0 saturated carbocycles. The average Bonchev–Trinajstić information content (AvgIpc) is 2.38. The van der Waals surface area contributed by atoms with Crippen LogP contribution in [-0.4, -0.2) is 16.4 Å². The van der Waals surface area contributed by atoms with Crippen LogP contribution in [0.5, 0.6) is 11.5 Å². The third-order valence-corrected chi connectivity index (χ3v) is 3.26. The van der Waals surface area contributed by atoms with E-state index >= 15 is 0 Å². The molecule has 0 spiro atoms. The van der Waals surface area contributed by atoms with Crippen LogP contribution in [0, 0.1) is 0 Å². The molecule has 1 rings (SSSR count). The summed E-state index contributed by atoms with van der Waals surface area (Å²) in [5.41, 5.74) is 0. The van der Waals surface area contributed by atoms with Crippen LogP contribution in [0.1, 0.15) is 45.4 Å². The van der Waals surface area contributed by atoms with Gasteiger partial charge in [-0.05, 0) is 30.7 Å². The summed E-state index contributed by atoms with van der Waals surface area (Å²) in [5.74, 6) is 0.807. The molecule has 0 radical (unpaired) electrons. The first-order valence-corrected chi connectivity index (χ1v) is 8.52. The van der Waals surface area contributed by atoms with Crippen LogP contribution in [0.4, 0.5) is 0 Å². The zero-order valence-corrected chi connectivity index (χ0v) is 12.7. The van der Waals surface area contributed by atoms with E-state index in [1.54, 1.807) is 12.1 Å². The van der Waals surface area contributed by atoms with Crippen LogP contribution in [0.25, 0.3) is 0 Å². The van der Waals surface area contributed by atoms with E-state index in [2.05, 4.69) is 11.4 Å². The average molecular weight is 302 g/mol. The van der Waals surface area contributed by atoms with Crippen molar-refractivity contribution < 1.29 is 23.6 Å². The standard InChI is InChI=1S/C14H23O5P/c1-2-3-4-5-6-7-12-18-13-8-10-14(11-9-13)19-20(15,16)17/h8-11H,2-7,12H2,1H3,(H2,15,16,17). The van der Waals surface area contributed by atoms with Gasteiger partial charge < -0.3 is 9.26 Å². The second kappa shape index (κ2) is 9.01. The van der Waals surface area contributed by atoms with Gasteiger partial charge in [0.05, 0.1) is 6.61 Å². The van der Waals surface area contributed by atoms with E-state index in [0.717, 1.165) is 6.42 Å². The normalized spacial score (nSPS) is 11.3. The van der Waals surface area contributed by atoms with Gasteiger partial charge in [-0.1, -0.05) is 39.0 Å². The van der Waals surface area contributed by atoms with Gasteiger partial charge >= 0.3 is 7.82 Å². The minimum absolute atomic E-state index is 0.130. The van der Waals surface area contributed by atoms with Gasteiger partial charge in [0, 0.05) is 0 Å². The first-order chi connectivity index (χ1) is 9.51. The molecule has 0 unspecified atom stereocenters. The molecular formula is C14H23O5P. The number of benzene rings is 1. The molecule has 1 aromatic rings. The number of hydrogen-bond acceptors (Lipinski definition) is 3. The fraction of sp³-hybridized carbons (Fsp3) is 0.571. The summed E-state index contributed by atoms with van der Waals surface area (Å²) < 4.78 is 20.6. The van der Waals surface area contributed by atoms with Crippen molar-refractivity contribution in [1.82, 2.24) is 0 Å². The van der Waals surface area contributed by atoms with E-state index in [4.69, 9.17) is 14.5 Å². The molecule has 1 aromatic carbocycles. The Morgan fingerprint density at radius 2 is 1.50 bits per heavy atom. The monoisotopic (exact) mass is 302 g/mol. The summed E-state index contributed by atoms with van der Waals surface area (Å²) >= 11 is 0. The number of phosphoric ester groups is 1. The molecular weight excluding hydrogens is 279 g/mol. The largest absolute Gasteiger partial charge is 0.524 e. The third kappa shape index (κ3) is 8.20. The Bertz CT molecular complexity index is 412. The fourth-order valence-electron chi connectivity index (χ4n) is 1.81. The lowest BCUT2D eigenvalue weighted by atomic mass is 10.1. The van der Waals surface area contributed by atoms with Gasteiger partial charge in [0.1, 0.15) is 11.5 Å². The summed E-state index contributed by atoms with van der Waals surface area (Å²) in [6.07, 6.45) is 7.25. The van der Waals surface area contributed by atoms with Crippen LogP contribution in [0.3, 0.4) is 0 Å². The van der Waals surface area contributed by atoms with E-state index in [-0.39, 0.29) is 5.75 Å². The van der Waals surface area contributed by atoms with Gasteiger partial charge in [-0.2, -0.15) is 0 Å². The highest BCUT2D eigenvalue weighted by Gasteiger charge is 2.15. The maximum atomic E-state index is 10.6. The summed E-state index contributed by atoms with van der Waals surface area (Å²) in [5, 5.41) is 0. The van der Waals surface area contributed by atoms with E-state index in [1.807, 2.05) is 0 Å². The first-order valence-electron chi connectivity index (χ1n) is 6.99. The molecule has 0 amide bonds. The van der Waals surface area contributed by atoms with Gasteiger partial charge in [-0.25, -0.2) is 4.57 Å². The molecule has 0 aliphatic carbocycles. The predicted molar refractivity (Wildman–Crippen MR) is 78.0 cm³/mol. The lowest BCUT2D eigenvalue weighted by molar-refractivity contribution is 0.282. The number of unbranched alkanes of at least 4 members (excludes halogenated alkanes) is 5. The zero-order valence-electron chi connectivity index (χ0n) is 11.8. The lowest BCUT2D eigenvalue weighted by Crippen LogP contribution is -1.97. The summed E-state index contributed by atoms with van der Waals surface area (Å²) in [7, 11) is -4.48. The highest BCUT2D eigenvalue weighted by molar-refractivity contribution is 7.46. The predicted octanol–water partition coefficient (Wildman–Crippen LogP) is 3.90. The second-order valence-corrected chi connectivity index (χ2v) is 5.83. The summed E-state index contributed by atoms with van der Waals surface area (Å²) in [6, 6.07) is 6.25. The van der Waals surface area contributed by atoms with Gasteiger partial charge in [0.15, 0.2) is 0 Å². The molecule has 5 nitrogen and oxygen atoms in total. The molecule has 0 fully saturated rings. The van der Waals surface area contributed by atoms with Crippen molar-refractivity contribution in [3.05, 3.63) is 24.3 Å². The molecule has 0 saturated heterocycles. The lowest BCUT2D eigenvalue weighted by Gasteiger charge is -2.09. The zero-order chi connectivity index (χ0) is 14.8. The van der Waals surface area contributed by atoms with Crippen LogP contribution >= 0.6 is 7.82 Å². The molecule has 2 N–H and O–H groups in total. The Morgan fingerprint density at radius 3 is 2.10 bits per heavy atom. The van der Waals surface area contributed by atoms with Crippen LogP contribution in [0.15, 0.2) is 24.3 Å². The SMILES string of the molecule is CCCCCCCCOc1ccc(OP(=O)(O)O)cc1. The van der Waals surface area contributed by atoms with Crippen molar-refractivity contribution in [1.29, 1.82) is 0 Å². The topological polar surface area (TPSA) is 76.0 Å². The van der Waals surface area contributed by atoms with Crippen molar-refractivity contribution in [2.24, 2.45) is 0 Å². The highest BCUT2D eigenvalue weighted by Crippen LogP contribution is 2.37. The third-order valence-electron chi connectivity index (χ3n) is 2.81. The van der Waals surface area contributed by atoms with Gasteiger partial charge in [-0.3, -0.25) is 9.79 Å². The minimum atomic E-state index is -4.48. The number of ether oxygens (including phenoxy) is 1. The van der Waals surface area contributed by atoms with Crippen molar-refractivity contribution >= 4 is 7.82 Å².